The molecule has 0 unspecified atom stereocenters. The van der Waals surface area contributed by atoms with Crippen molar-refractivity contribution in [1.29, 1.82) is 0 Å². The van der Waals surface area contributed by atoms with Crippen LogP contribution < -0.4 is 0 Å². The maximum Gasteiger partial charge on any atom is 0.0786 e. The Morgan fingerprint density at radius 1 is 0.197 bits per heavy atom. The van der Waals surface area contributed by atoms with E-state index in [0.717, 1.165) is 0 Å². The molecule has 0 spiro atoms. The first-order valence-corrected chi connectivity index (χ1v) is 34.2. The molecule has 0 aliphatic rings. The maximum absolute atomic E-state index is 8.52. The molecule has 0 aromatic carbocycles. The van der Waals surface area contributed by atoms with Gasteiger partial charge < -0.3 is 18.1 Å². The second kappa shape index (κ2) is 60.7. The van der Waals surface area contributed by atoms with Gasteiger partial charge in [-0.1, -0.05) is 261 Å². The van der Waals surface area contributed by atoms with E-state index >= 15 is 0 Å². The minimum Gasteiger partial charge on any atom is -0.759 e. The molecule has 7 heteroatoms. The summed E-state index contributed by atoms with van der Waals surface area (Å²) >= 11 is 0. The van der Waals surface area contributed by atoms with Gasteiger partial charge in [-0.15, -0.1) is 0 Å². The lowest BCUT2D eigenvalue weighted by Gasteiger charge is -2.40. The van der Waals surface area contributed by atoms with Gasteiger partial charge >= 0.3 is 0 Å². The van der Waals surface area contributed by atoms with Crippen LogP contribution in [-0.2, 0) is 10.4 Å². The molecule has 0 aliphatic carbocycles. The van der Waals surface area contributed by atoms with Gasteiger partial charge in [0.1, 0.15) is 0 Å². The summed E-state index contributed by atoms with van der Waals surface area (Å²) in [6.45, 7) is 30.5. The molecule has 0 rings (SSSR count). The Balaban J connectivity index is -0.00000119. The van der Waals surface area contributed by atoms with Crippen molar-refractivity contribution in [2.45, 2.75) is 364 Å². The van der Waals surface area contributed by atoms with Crippen LogP contribution in [0.1, 0.15) is 364 Å². The molecule has 0 atom stereocenters. The number of quaternary nitrogens is 2. The molecule has 6 nitrogen and oxygen atoms in total. The molecular weight excluding hydrogens is 893 g/mol. The van der Waals surface area contributed by atoms with Crippen LogP contribution >= 0.6 is 0 Å². The van der Waals surface area contributed by atoms with E-state index in [1.807, 2.05) is 0 Å². The molecule has 71 heavy (non-hydrogen) atoms. The molecule has 432 valence electrons. The molecular formula is C64H136N2O4S. The lowest BCUT2D eigenvalue weighted by molar-refractivity contribution is -0.929. The molecule has 0 aromatic rings. The van der Waals surface area contributed by atoms with Gasteiger partial charge in [0.25, 0.3) is 0 Å². The molecule has 0 amide bonds. The summed E-state index contributed by atoms with van der Waals surface area (Å²) in [5.74, 6) is 0. The molecule has 0 saturated heterocycles. The van der Waals surface area contributed by atoms with Gasteiger partial charge in [-0.2, -0.15) is 0 Å². The standard InChI is InChI=1S/2C32H68N.H2O4S/c2*1-5-9-13-17-21-25-29-33(30-26-22-18-14-10-6-2,31-27-23-19-15-11-7-3)32-28-24-20-16-12-8-4;1-5(2,3)4/h2*5-32H2,1-4H3;(H2,1,2,3,4)/q2*+1;/p-2. The summed E-state index contributed by atoms with van der Waals surface area (Å²) in [6.07, 6.45) is 69.5. The van der Waals surface area contributed by atoms with Crippen LogP contribution in [-0.4, -0.2) is 78.8 Å². The Morgan fingerprint density at radius 3 is 0.380 bits per heavy atom. The second-order valence-corrected chi connectivity index (χ2v) is 23.8. The van der Waals surface area contributed by atoms with Gasteiger partial charge in [0, 0.05) is 10.4 Å². The van der Waals surface area contributed by atoms with E-state index in [4.69, 9.17) is 17.5 Å². The highest BCUT2D eigenvalue weighted by Gasteiger charge is 2.27. The van der Waals surface area contributed by atoms with Crippen molar-refractivity contribution in [3.63, 3.8) is 0 Å². The fraction of sp³-hybridized carbons (Fsp3) is 1.00. The van der Waals surface area contributed by atoms with Crippen molar-refractivity contribution in [2.75, 3.05) is 52.4 Å². The van der Waals surface area contributed by atoms with Crippen LogP contribution in [0.4, 0.5) is 0 Å². The maximum atomic E-state index is 8.52. The smallest absolute Gasteiger partial charge is 0.0786 e. The summed E-state index contributed by atoms with van der Waals surface area (Å²) in [5.41, 5.74) is 0. The number of unbranched alkanes of at least 4 members (excludes halogenated alkanes) is 40. The fourth-order valence-electron chi connectivity index (χ4n) is 11.2. The van der Waals surface area contributed by atoms with Gasteiger partial charge in [-0.05, 0) is 103 Å². The van der Waals surface area contributed by atoms with Crippen molar-refractivity contribution in [2.24, 2.45) is 0 Å². The molecule has 0 fully saturated rings. The Bertz CT molecular complexity index is 856. The number of nitrogens with zero attached hydrogens (tertiary/aromatic N) is 2. The first kappa shape index (κ1) is 75.0. The van der Waals surface area contributed by atoms with Gasteiger partial charge in [0.2, 0.25) is 0 Å². The fourth-order valence-corrected chi connectivity index (χ4v) is 11.2. The molecule has 0 saturated carbocycles. The highest BCUT2D eigenvalue weighted by molar-refractivity contribution is 7.79. The highest BCUT2D eigenvalue weighted by atomic mass is 32.3. The quantitative estimate of drug-likeness (QED) is 0.0263. The topological polar surface area (TPSA) is 80.3 Å². The summed E-state index contributed by atoms with van der Waals surface area (Å²) < 4.78 is 37.0. The van der Waals surface area contributed by atoms with Gasteiger partial charge in [-0.3, -0.25) is 8.42 Å². The van der Waals surface area contributed by atoms with Crippen LogP contribution in [0.2, 0.25) is 0 Å². The largest absolute Gasteiger partial charge is 0.759 e. The van der Waals surface area contributed by atoms with E-state index < -0.39 is 10.4 Å². The Morgan fingerprint density at radius 2 is 0.282 bits per heavy atom. The second-order valence-electron chi connectivity index (χ2n) is 23.0. The zero-order valence-corrected chi connectivity index (χ0v) is 51.4. The molecule has 0 radical (unpaired) electrons. The highest BCUT2D eigenvalue weighted by Crippen LogP contribution is 2.23. The lowest BCUT2D eigenvalue weighted by Crippen LogP contribution is -2.50. The van der Waals surface area contributed by atoms with Crippen LogP contribution in [0.15, 0.2) is 0 Å². The zero-order valence-electron chi connectivity index (χ0n) is 50.5. The van der Waals surface area contributed by atoms with E-state index in [1.165, 1.54) is 370 Å². The third-order valence-corrected chi connectivity index (χ3v) is 15.9. The van der Waals surface area contributed by atoms with Crippen molar-refractivity contribution < 1.29 is 26.5 Å². The van der Waals surface area contributed by atoms with Crippen molar-refractivity contribution in [3.05, 3.63) is 0 Å². The van der Waals surface area contributed by atoms with Crippen molar-refractivity contribution in [1.82, 2.24) is 0 Å². The van der Waals surface area contributed by atoms with Crippen LogP contribution in [0.5, 0.6) is 0 Å². The first-order valence-electron chi connectivity index (χ1n) is 32.9. The minimum absolute atomic E-state index is 1.37. The predicted molar refractivity (Wildman–Crippen MR) is 317 cm³/mol. The Hall–Kier alpha value is -0.210. The molecule has 0 heterocycles. The summed E-state index contributed by atoms with van der Waals surface area (Å²) in [5, 5.41) is 0. The minimum atomic E-state index is -5.17. The third kappa shape index (κ3) is 62.2. The zero-order chi connectivity index (χ0) is 53.1. The molecule has 0 aliphatic heterocycles. The van der Waals surface area contributed by atoms with E-state index in [-0.39, 0.29) is 0 Å². The normalized spacial score (nSPS) is 12.0. The number of rotatable bonds is 56. The van der Waals surface area contributed by atoms with E-state index in [9.17, 15) is 0 Å². The monoisotopic (exact) mass is 1030 g/mol. The summed E-state index contributed by atoms with van der Waals surface area (Å²) in [7, 11) is -5.17. The molecule has 0 aromatic heterocycles. The Kier molecular flexibility index (Phi) is 64.1. The van der Waals surface area contributed by atoms with Crippen LogP contribution in [0, 0.1) is 0 Å². The average molecular weight is 1030 g/mol. The van der Waals surface area contributed by atoms with E-state index in [1.54, 1.807) is 0 Å². The van der Waals surface area contributed by atoms with Crippen molar-refractivity contribution >= 4 is 10.4 Å². The number of hydrogen-bond donors (Lipinski definition) is 0. The molecule has 0 N–H and O–H groups in total. The Labute approximate surface area is 450 Å². The van der Waals surface area contributed by atoms with Gasteiger partial charge in [0.05, 0.1) is 52.4 Å². The lowest BCUT2D eigenvalue weighted by atomic mass is 10.0. The van der Waals surface area contributed by atoms with E-state index in [2.05, 4.69) is 55.4 Å². The summed E-state index contributed by atoms with van der Waals surface area (Å²) in [4.78, 5) is 0. The first-order chi connectivity index (χ1) is 34.5. The SMILES string of the molecule is CCCCCCCC[N+](CCCCCCCC)(CCCCCCCC)CCCCCCCC.CCCCCCCC[N+](CCCCCCCC)(CCCCCCCC)CCCCCCCC.O=S(=O)([O-])[O-]. The third-order valence-electron chi connectivity index (χ3n) is 15.9. The van der Waals surface area contributed by atoms with Gasteiger partial charge in [0.15, 0.2) is 0 Å². The van der Waals surface area contributed by atoms with Crippen LogP contribution in [0.3, 0.4) is 0 Å². The van der Waals surface area contributed by atoms with E-state index in [0.29, 0.717) is 0 Å². The average Bonchev–Trinajstić information content (AvgIpc) is 3.35. The van der Waals surface area contributed by atoms with Crippen LogP contribution in [0.25, 0.3) is 0 Å². The van der Waals surface area contributed by atoms with Crippen molar-refractivity contribution in [3.8, 4) is 0 Å². The molecule has 0 bridgehead atoms. The summed E-state index contributed by atoms with van der Waals surface area (Å²) in [6, 6.07) is 0. The van der Waals surface area contributed by atoms with Gasteiger partial charge in [-0.25, -0.2) is 0 Å². The number of hydrogen-bond acceptors (Lipinski definition) is 4. The predicted octanol–water partition coefficient (Wildman–Crippen LogP) is 21.2.